The van der Waals surface area contributed by atoms with Gasteiger partial charge in [-0.3, -0.25) is 14.8 Å². The van der Waals surface area contributed by atoms with Gasteiger partial charge in [0.15, 0.2) is 0 Å². The number of benzene rings is 1. The number of carboxylic acids is 1. The Bertz CT molecular complexity index is 1150. The number of carboxylic acid groups (broad SMARTS) is 1. The number of amides is 1. The highest BCUT2D eigenvalue weighted by molar-refractivity contribution is 5.96. The molecule has 8 heteroatoms. The Labute approximate surface area is 211 Å². The summed E-state index contributed by atoms with van der Waals surface area (Å²) in [6.45, 7) is 1.28. The number of nitrogens with one attached hydrogen (secondary N) is 2. The highest BCUT2D eigenvalue weighted by atomic mass is 16.4. The predicted molar refractivity (Wildman–Crippen MR) is 137 cm³/mol. The van der Waals surface area contributed by atoms with Gasteiger partial charge in [0, 0.05) is 48.7 Å². The molecule has 1 aromatic carbocycles. The zero-order chi connectivity index (χ0) is 25.3. The van der Waals surface area contributed by atoms with E-state index in [1.54, 1.807) is 24.5 Å². The Kier molecular flexibility index (Phi) is 8.76. The summed E-state index contributed by atoms with van der Waals surface area (Å²) in [5, 5.41) is 15.7. The minimum absolute atomic E-state index is 0.110. The van der Waals surface area contributed by atoms with Crippen LogP contribution in [0, 0.1) is 0 Å². The van der Waals surface area contributed by atoms with Crippen molar-refractivity contribution in [2.75, 3.05) is 0 Å². The van der Waals surface area contributed by atoms with Gasteiger partial charge in [-0.1, -0.05) is 24.3 Å². The van der Waals surface area contributed by atoms with E-state index in [0.29, 0.717) is 25.1 Å². The second-order valence-electron chi connectivity index (χ2n) is 9.27. The van der Waals surface area contributed by atoms with E-state index in [4.69, 9.17) is 5.73 Å². The van der Waals surface area contributed by atoms with Crippen molar-refractivity contribution in [2.45, 2.75) is 63.2 Å². The van der Waals surface area contributed by atoms with E-state index in [0.717, 1.165) is 36.2 Å². The van der Waals surface area contributed by atoms with Crippen molar-refractivity contribution in [3.8, 4) is 0 Å². The first-order valence-electron chi connectivity index (χ1n) is 12.4. The summed E-state index contributed by atoms with van der Waals surface area (Å²) in [5.41, 5.74) is 11.1. The van der Waals surface area contributed by atoms with Crippen molar-refractivity contribution in [1.82, 2.24) is 20.6 Å². The summed E-state index contributed by atoms with van der Waals surface area (Å²) in [4.78, 5) is 33.4. The van der Waals surface area contributed by atoms with Gasteiger partial charge in [-0.15, -0.1) is 0 Å². The van der Waals surface area contributed by atoms with Crippen LogP contribution in [0.25, 0.3) is 0 Å². The summed E-state index contributed by atoms with van der Waals surface area (Å²) in [7, 11) is 0. The van der Waals surface area contributed by atoms with Crippen LogP contribution in [0.4, 0.5) is 0 Å². The second kappa shape index (κ2) is 12.4. The number of carbonyl (C=O) groups is 2. The van der Waals surface area contributed by atoms with Gasteiger partial charge in [0.2, 0.25) is 0 Å². The molecule has 2 heterocycles. The molecule has 4 rings (SSSR count). The molecule has 0 fully saturated rings. The Hall–Kier alpha value is -3.62. The SMILES string of the molecule is NC(CC[C@H](NC(=O)c1ccc(CNCc2ccccn2)cc1)C(=O)O)C1CCCc2cccnc21. The Morgan fingerprint density at radius 2 is 1.81 bits per heavy atom. The third kappa shape index (κ3) is 6.74. The first-order chi connectivity index (χ1) is 17.5. The van der Waals surface area contributed by atoms with Crippen LogP contribution in [0.1, 0.15) is 64.5 Å². The first kappa shape index (κ1) is 25.5. The molecule has 1 amide bonds. The van der Waals surface area contributed by atoms with E-state index in [2.05, 4.69) is 26.7 Å². The highest BCUT2D eigenvalue weighted by Gasteiger charge is 2.29. The fourth-order valence-electron chi connectivity index (χ4n) is 4.73. The summed E-state index contributed by atoms with van der Waals surface area (Å²) < 4.78 is 0. The largest absolute Gasteiger partial charge is 0.480 e. The zero-order valence-corrected chi connectivity index (χ0v) is 20.3. The lowest BCUT2D eigenvalue weighted by molar-refractivity contribution is -0.139. The van der Waals surface area contributed by atoms with Gasteiger partial charge >= 0.3 is 5.97 Å². The number of carbonyl (C=O) groups excluding carboxylic acids is 1. The molecule has 0 spiro atoms. The maximum absolute atomic E-state index is 12.7. The van der Waals surface area contributed by atoms with Gasteiger partial charge in [0.1, 0.15) is 6.04 Å². The molecule has 188 valence electrons. The molecule has 0 bridgehead atoms. The summed E-state index contributed by atoms with van der Waals surface area (Å²) in [5.74, 6) is -1.36. The molecule has 3 aromatic rings. The lowest BCUT2D eigenvalue weighted by Gasteiger charge is -2.29. The number of rotatable bonds is 11. The number of aryl methyl sites for hydroxylation is 1. The van der Waals surface area contributed by atoms with Gasteiger partial charge in [0.05, 0.1) is 5.69 Å². The first-order valence-corrected chi connectivity index (χ1v) is 12.4. The predicted octanol–water partition coefficient (Wildman–Crippen LogP) is 3.18. The summed E-state index contributed by atoms with van der Waals surface area (Å²) >= 11 is 0. The maximum Gasteiger partial charge on any atom is 0.326 e. The minimum Gasteiger partial charge on any atom is -0.480 e. The summed E-state index contributed by atoms with van der Waals surface area (Å²) in [6.07, 6.45) is 7.28. The zero-order valence-electron chi connectivity index (χ0n) is 20.3. The van der Waals surface area contributed by atoms with Crippen LogP contribution in [0.5, 0.6) is 0 Å². The average Bonchev–Trinajstić information content (AvgIpc) is 2.91. The molecule has 36 heavy (non-hydrogen) atoms. The van der Waals surface area contributed by atoms with Gasteiger partial charge in [-0.2, -0.15) is 0 Å². The number of pyridine rings is 2. The van der Waals surface area contributed by atoms with Crippen LogP contribution >= 0.6 is 0 Å². The van der Waals surface area contributed by atoms with Crippen LogP contribution in [0.2, 0.25) is 0 Å². The van der Waals surface area contributed by atoms with Gasteiger partial charge in [0.25, 0.3) is 5.91 Å². The van der Waals surface area contributed by atoms with Crippen LogP contribution in [0.15, 0.2) is 67.0 Å². The number of fused-ring (bicyclic) bond motifs is 1. The minimum atomic E-state index is -1.06. The van der Waals surface area contributed by atoms with Crippen LogP contribution in [0.3, 0.4) is 0 Å². The molecule has 5 N–H and O–H groups in total. The number of aliphatic carboxylic acids is 1. The Morgan fingerprint density at radius 1 is 1.00 bits per heavy atom. The van der Waals surface area contributed by atoms with E-state index >= 15 is 0 Å². The Balaban J connectivity index is 1.28. The lowest BCUT2D eigenvalue weighted by atomic mass is 9.80. The van der Waals surface area contributed by atoms with E-state index in [9.17, 15) is 14.7 Å². The molecule has 3 atom stereocenters. The smallest absolute Gasteiger partial charge is 0.326 e. The van der Waals surface area contributed by atoms with Crippen LogP contribution in [-0.4, -0.2) is 39.0 Å². The van der Waals surface area contributed by atoms with Crippen molar-refractivity contribution >= 4 is 11.9 Å². The van der Waals surface area contributed by atoms with Gasteiger partial charge < -0.3 is 21.5 Å². The fraction of sp³-hybridized carbons (Fsp3) is 0.357. The molecule has 0 radical (unpaired) electrons. The normalized spacial score (nSPS) is 16.5. The molecule has 2 aromatic heterocycles. The van der Waals surface area contributed by atoms with Crippen molar-refractivity contribution in [3.63, 3.8) is 0 Å². The van der Waals surface area contributed by atoms with E-state index in [1.807, 2.05) is 36.4 Å². The Morgan fingerprint density at radius 3 is 2.56 bits per heavy atom. The molecular weight excluding hydrogens is 454 g/mol. The van der Waals surface area contributed by atoms with Crippen molar-refractivity contribution < 1.29 is 14.7 Å². The quantitative estimate of drug-likeness (QED) is 0.327. The second-order valence-corrected chi connectivity index (χ2v) is 9.27. The van der Waals surface area contributed by atoms with Crippen molar-refractivity contribution in [1.29, 1.82) is 0 Å². The molecule has 2 unspecified atom stereocenters. The number of nitrogens with zero attached hydrogens (tertiary/aromatic N) is 2. The maximum atomic E-state index is 12.7. The summed E-state index contributed by atoms with van der Waals surface area (Å²) in [6, 6.07) is 15.7. The monoisotopic (exact) mass is 487 g/mol. The number of nitrogens with two attached hydrogens (primary N) is 1. The molecule has 0 saturated heterocycles. The number of hydrogen-bond acceptors (Lipinski definition) is 6. The lowest BCUT2D eigenvalue weighted by Crippen LogP contribution is -2.42. The third-order valence-corrected chi connectivity index (χ3v) is 6.72. The van der Waals surface area contributed by atoms with Crippen LogP contribution < -0.4 is 16.4 Å². The van der Waals surface area contributed by atoms with Crippen LogP contribution in [-0.2, 0) is 24.3 Å². The number of aromatic nitrogens is 2. The van der Waals surface area contributed by atoms with Crippen molar-refractivity contribution in [2.24, 2.45) is 5.73 Å². The average molecular weight is 488 g/mol. The third-order valence-electron chi connectivity index (χ3n) is 6.72. The highest BCUT2D eigenvalue weighted by Crippen LogP contribution is 2.33. The molecule has 0 aliphatic heterocycles. The topological polar surface area (TPSA) is 130 Å². The molecule has 1 aliphatic carbocycles. The molecule has 1 aliphatic rings. The van der Waals surface area contributed by atoms with Crippen molar-refractivity contribution in [3.05, 3.63) is 95.1 Å². The fourth-order valence-corrected chi connectivity index (χ4v) is 4.73. The molecular formula is C28H33N5O3. The van der Waals surface area contributed by atoms with E-state index in [1.165, 1.54) is 5.56 Å². The van der Waals surface area contributed by atoms with E-state index in [-0.39, 0.29) is 18.4 Å². The number of hydrogen-bond donors (Lipinski definition) is 4. The standard InChI is InChI=1S/C28H33N5O3/c29-24(23-8-3-5-20-6-4-16-32-26(20)23)13-14-25(28(35)36)33-27(34)21-11-9-19(10-12-21)17-30-18-22-7-1-2-15-31-22/h1-2,4,6-7,9-12,15-16,23-25,30H,3,5,8,13-14,17-18,29H2,(H,33,34)(H,35,36)/t23?,24?,25-/m0/s1. The van der Waals surface area contributed by atoms with Gasteiger partial charge in [-0.25, -0.2) is 4.79 Å². The molecule has 0 saturated carbocycles. The van der Waals surface area contributed by atoms with Gasteiger partial charge in [-0.05, 0) is 73.6 Å². The molecule has 8 nitrogen and oxygen atoms in total. The van der Waals surface area contributed by atoms with E-state index < -0.39 is 17.9 Å².